The lowest BCUT2D eigenvalue weighted by molar-refractivity contribution is 0.104. The number of para-hydroxylation sites is 2. The van der Waals surface area contributed by atoms with Gasteiger partial charge >= 0.3 is 0 Å². The van der Waals surface area contributed by atoms with Gasteiger partial charge in [-0.2, -0.15) is 0 Å². The molecule has 148 valence electrons. The first-order valence-corrected chi connectivity index (χ1v) is 9.40. The van der Waals surface area contributed by atoms with Crippen LogP contribution in [0.4, 0.5) is 0 Å². The number of rotatable bonds is 8. The summed E-state index contributed by atoms with van der Waals surface area (Å²) >= 11 is 6.15. The van der Waals surface area contributed by atoms with Crippen LogP contribution >= 0.6 is 11.6 Å². The van der Waals surface area contributed by atoms with E-state index in [4.69, 9.17) is 25.8 Å². The van der Waals surface area contributed by atoms with Gasteiger partial charge in [-0.15, -0.1) is 0 Å². The van der Waals surface area contributed by atoms with Crippen LogP contribution in [0.5, 0.6) is 17.2 Å². The zero-order chi connectivity index (χ0) is 20.6. The highest BCUT2D eigenvalue weighted by atomic mass is 35.5. The molecule has 0 saturated carbocycles. The van der Waals surface area contributed by atoms with E-state index in [1.54, 1.807) is 44.6 Å². The first-order valence-electron chi connectivity index (χ1n) is 9.02. The summed E-state index contributed by atoms with van der Waals surface area (Å²) in [5.41, 5.74) is 2.22. The molecule has 0 heterocycles. The molecule has 3 aromatic rings. The largest absolute Gasteiger partial charge is 0.496 e. The summed E-state index contributed by atoms with van der Waals surface area (Å²) < 4.78 is 16.5. The monoisotopic (exact) mass is 408 g/mol. The van der Waals surface area contributed by atoms with Gasteiger partial charge in [0.05, 0.1) is 24.8 Å². The highest BCUT2D eigenvalue weighted by molar-refractivity contribution is 6.32. The van der Waals surface area contributed by atoms with Crippen molar-refractivity contribution in [1.29, 1.82) is 0 Å². The third-order valence-corrected chi connectivity index (χ3v) is 4.64. The van der Waals surface area contributed by atoms with Crippen LogP contribution in [0, 0.1) is 0 Å². The fraction of sp³-hybridized carbons (Fsp3) is 0.125. The normalized spacial score (nSPS) is 10.7. The van der Waals surface area contributed by atoms with E-state index in [1.807, 2.05) is 42.5 Å². The second-order valence-corrected chi connectivity index (χ2v) is 6.60. The first-order chi connectivity index (χ1) is 14.1. The van der Waals surface area contributed by atoms with E-state index < -0.39 is 0 Å². The SMILES string of the molecule is COc1ccc(/C=C/C(=O)c2ccccc2OC)cc1COc1ccccc1Cl. The topological polar surface area (TPSA) is 44.8 Å². The molecule has 0 aliphatic heterocycles. The number of allylic oxidation sites excluding steroid dienone is 1. The van der Waals surface area contributed by atoms with Gasteiger partial charge in [0.15, 0.2) is 5.78 Å². The minimum atomic E-state index is -0.132. The van der Waals surface area contributed by atoms with Gasteiger partial charge < -0.3 is 14.2 Å². The lowest BCUT2D eigenvalue weighted by atomic mass is 10.1. The molecular weight excluding hydrogens is 388 g/mol. The minimum Gasteiger partial charge on any atom is -0.496 e. The van der Waals surface area contributed by atoms with Gasteiger partial charge in [0.25, 0.3) is 0 Å². The third kappa shape index (κ3) is 5.18. The second kappa shape index (κ2) is 9.80. The summed E-state index contributed by atoms with van der Waals surface area (Å²) in [4.78, 5) is 12.5. The molecule has 3 rings (SSSR count). The molecule has 4 nitrogen and oxygen atoms in total. The van der Waals surface area contributed by atoms with Gasteiger partial charge in [-0.3, -0.25) is 4.79 Å². The number of carbonyl (C=O) groups excluding carboxylic acids is 1. The summed E-state index contributed by atoms with van der Waals surface area (Å²) in [6, 6.07) is 20.1. The summed E-state index contributed by atoms with van der Waals surface area (Å²) in [6.45, 7) is 0.287. The van der Waals surface area contributed by atoms with E-state index in [-0.39, 0.29) is 12.4 Å². The third-order valence-electron chi connectivity index (χ3n) is 4.32. The number of benzene rings is 3. The Hall–Kier alpha value is -3.24. The molecule has 0 amide bonds. The molecule has 0 aliphatic rings. The Morgan fingerprint density at radius 1 is 0.897 bits per heavy atom. The standard InChI is InChI=1S/C24H21ClO4/c1-27-22-14-12-17(11-13-21(26)19-7-3-5-9-23(19)28-2)15-18(22)16-29-24-10-6-4-8-20(24)25/h3-15H,16H2,1-2H3/b13-11+. The molecule has 0 unspecified atom stereocenters. The molecule has 29 heavy (non-hydrogen) atoms. The number of halogens is 1. The molecule has 0 radical (unpaired) electrons. The van der Waals surface area contributed by atoms with Gasteiger partial charge in [0, 0.05) is 5.56 Å². The van der Waals surface area contributed by atoms with Crippen LogP contribution in [0.25, 0.3) is 6.08 Å². The summed E-state index contributed by atoms with van der Waals surface area (Å²) in [6.07, 6.45) is 3.28. The van der Waals surface area contributed by atoms with E-state index >= 15 is 0 Å². The molecule has 5 heteroatoms. The number of hydrogen-bond acceptors (Lipinski definition) is 4. The number of ether oxygens (including phenoxy) is 3. The molecule has 0 aromatic heterocycles. The van der Waals surface area contributed by atoms with Crippen molar-refractivity contribution < 1.29 is 19.0 Å². The number of ketones is 1. The maximum absolute atomic E-state index is 12.5. The molecule has 0 fully saturated rings. The van der Waals surface area contributed by atoms with Crippen LogP contribution in [-0.4, -0.2) is 20.0 Å². The Morgan fingerprint density at radius 3 is 2.31 bits per heavy atom. The van der Waals surface area contributed by atoms with Crippen molar-refractivity contribution in [2.75, 3.05) is 14.2 Å². The fourth-order valence-corrected chi connectivity index (χ4v) is 3.03. The van der Waals surface area contributed by atoms with Crippen LogP contribution < -0.4 is 14.2 Å². The smallest absolute Gasteiger partial charge is 0.189 e. The average molecular weight is 409 g/mol. The first kappa shape index (κ1) is 20.5. The highest BCUT2D eigenvalue weighted by Crippen LogP contribution is 2.27. The van der Waals surface area contributed by atoms with Crippen LogP contribution in [0.2, 0.25) is 5.02 Å². The van der Waals surface area contributed by atoms with Gasteiger partial charge in [0.1, 0.15) is 23.9 Å². The van der Waals surface area contributed by atoms with Crippen molar-refractivity contribution >= 4 is 23.5 Å². The van der Waals surface area contributed by atoms with Crippen LogP contribution in [-0.2, 0) is 6.61 Å². The lowest BCUT2D eigenvalue weighted by Gasteiger charge is -2.12. The van der Waals surface area contributed by atoms with E-state index in [0.717, 1.165) is 11.1 Å². The van der Waals surface area contributed by atoms with Gasteiger partial charge in [-0.05, 0) is 48.0 Å². The van der Waals surface area contributed by atoms with Crippen molar-refractivity contribution in [2.45, 2.75) is 6.61 Å². The minimum absolute atomic E-state index is 0.132. The summed E-state index contributed by atoms with van der Waals surface area (Å²) in [5.74, 6) is 1.71. The van der Waals surface area contributed by atoms with Gasteiger partial charge in [0.2, 0.25) is 0 Å². The summed E-state index contributed by atoms with van der Waals surface area (Å²) in [5, 5.41) is 0.546. The Labute approximate surface area is 175 Å². The maximum Gasteiger partial charge on any atom is 0.189 e. The lowest BCUT2D eigenvalue weighted by Crippen LogP contribution is -2.00. The van der Waals surface area contributed by atoms with E-state index in [1.165, 1.54) is 6.08 Å². The predicted octanol–water partition coefficient (Wildman–Crippen LogP) is 5.83. The maximum atomic E-state index is 12.5. The van der Waals surface area contributed by atoms with Crippen molar-refractivity contribution in [3.05, 3.63) is 94.5 Å². The van der Waals surface area contributed by atoms with Crippen molar-refractivity contribution in [1.82, 2.24) is 0 Å². The van der Waals surface area contributed by atoms with Crippen LogP contribution in [0.3, 0.4) is 0 Å². The van der Waals surface area contributed by atoms with Crippen LogP contribution in [0.15, 0.2) is 72.8 Å². The molecule has 0 aliphatic carbocycles. The average Bonchev–Trinajstić information content (AvgIpc) is 2.76. The Kier molecular flexibility index (Phi) is 6.93. The van der Waals surface area contributed by atoms with Gasteiger partial charge in [-0.1, -0.05) is 48.0 Å². The van der Waals surface area contributed by atoms with Crippen molar-refractivity contribution in [3.8, 4) is 17.2 Å². The van der Waals surface area contributed by atoms with Crippen LogP contribution in [0.1, 0.15) is 21.5 Å². The number of methoxy groups -OCH3 is 2. The fourth-order valence-electron chi connectivity index (χ4n) is 2.84. The van der Waals surface area contributed by atoms with Crippen molar-refractivity contribution in [3.63, 3.8) is 0 Å². The molecule has 0 saturated heterocycles. The number of carbonyl (C=O) groups is 1. The quantitative estimate of drug-likeness (QED) is 0.347. The van der Waals surface area contributed by atoms with E-state index in [9.17, 15) is 4.79 Å². The van der Waals surface area contributed by atoms with Gasteiger partial charge in [-0.25, -0.2) is 0 Å². The molecule has 3 aromatic carbocycles. The zero-order valence-corrected chi connectivity index (χ0v) is 17.0. The predicted molar refractivity (Wildman–Crippen MR) is 115 cm³/mol. The zero-order valence-electron chi connectivity index (χ0n) is 16.2. The molecular formula is C24H21ClO4. The van der Waals surface area contributed by atoms with E-state index in [0.29, 0.717) is 27.8 Å². The van der Waals surface area contributed by atoms with Crippen molar-refractivity contribution in [2.24, 2.45) is 0 Å². The van der Waals surface area contributed by atoms with E-state index in [2.05, 4.69) is 0 Å². The molecule has 0 spiro atoms. The molecule has 0 N–H and O–H groups in total. The Bertz CT molecular complexity index is 1030. The number of hydrogen-bond donors (Lipinski definition) is 0. The second-order valence-electron chi connectivity index (χ2n) is 6.19. The Balaban J connectivity index is 1.78. The Morgan fingerprint density at radius 2 is 1.59 bits per heavy atom. The molecule has 0 atom stereocenters. The highest BCUT2D eigenvalue weighted by Gasteiger charge is 2.09. The summed E-state index contributed by atoms with van der Waals surface area (Å²) in [7, 11) is 3.15. The molecule has 0 bridgehead atoms.